The zero-order valence-corrected chi connectivity index (χ0v) is 19.9. The molecule has 154 valence electrons. The SMILES string of the molecule is CN=C(NCCc1cccs1)NCc1ccc(N2CC(C)OC(C)C2)nc1.I. The molecule has 2 N–H and O–H groups in total. The molecule has 28 heavy (non-hydrogen) atoms. The first-order chi connectivity index (χ1) is 13.1. The van der Waals surface area contributed by atoms with E-state index in [0.29, 0.717) is 6.54 Å². The molecule has 0 saturated carbocycles. The molecular formula is C20H30IN5OS. The van der Waals surface area contributed by atoms with Crippen LogP contribution in [0, 0.1) is 0 Å². The first-order valence-electron chi connectivity index (χ1n) is 9.46. The van der Waals surface area contributed by atoms with Gasteiger partial charge in [0.2, 0.25) is 0 Å². The second-order valence-electron chi connectivity index (χ2n) is 6.87. The predicted molar refractivity (Wildman–Crippen MR) is 128 cm³/mol. The number of pyridine rings is 1. The summed E-state index contributed by atoms with van der Waals surface area (Å²) in [6.45, 7) is 7.55. The molecule has 3 heterocycles. The Hall–Kier alpha value is -1.39. The van der Waals surface area contributed by atoms with Crippen LogP contribution in [-0.2, 0) is 17.7 Å². The van der Waals surface area contributed by atoms with Crippen LogP contribution in [0.3, 0.4) is 0 Å². The molecule has 6 nitrogen and oxygen atoms in total. The highest BCUT2D eigenvalue weighted by Crippen LogP contribution is 2.18. The number of ether oxygens (including phenoxy) is 1. The average Bonchev–Trinajstić information content (AvgIpc) is 3.17. The number of aliphatic imine (C=N–C) groups is 1. The summed E-state index contributed by atoms with van der Waals surface area (Å²) >= 11 is 1.79. The quantitative estimate of drug-likeness (QED) is 0.352. The van der Waals surface area contributed by atoms with Gasteiger partial charge in [0.25, 0.3) is 0 Å². The number of rotatable bonds is 6. The van der Waals surface area contributed by atoms with Crippen molar-refractivity contribution in [2.75, 3.05) is 31.6 Å². The van der Waals surface area contributed by atoms with E-state index in [1.165, 1.54) is 4.88 Å². The molecule has 2 atom stereocenters. The van der Waals surface area contributed by atoms with Gasteiger partial charge in [0.05, 0.1) is 12.2 Å². The van der Waals surface area contributed by atoms with E-state index in [9.17, 15) is 0 Å². The fraction of sp³-hybridized carbons (Fsp3) is 0.500. The topological polar surface area (TPSA) is 61.8 Å². The summed E-state index contributed by atoms with van der Waals surface area (Å²) in [6, 6.07) is 8.46. The Morgan fingerprint density at radius 1 is 1.25 bits per heavy atom. The number of thiophene rings is 1. The van der Waals surface area contributed by atoms with Crippen LogP contribution >= 0.6 is 35.3 Å². The van der Waals surface area contributed by atoms with Crippen molar-refractivity contribution in [1.29, 1.82) is 0 Å². The average molecular weight is 515 g/mol. The van der Waals surface area contributed by atoms with Crippen molar-refractivity contribution in [1.82, 2.24) is 15.6 Å². The molecule has 2 aromatic heterocycles. The van der Waals surface area contributed by atoms with Crippen molar-refractivity contribution in [2.24, 2.45) is 4.99 Å². The molecule has 2 unspecified atom stereocenters. The van der Waals surface area contributed by atoms with Crippen molar-refractivity contribution in [3.05, 3.63) is 46.3 Å². The lowest BCUT2D eigenvalue weighted by atomic mass is 10.2. The molecule has 0 spiro atoms. The molecule has 0 bridgehead atoms. The van der Waals surface area contributed by atoms with Gasteiger partial charge in [-0.1, -0.05) is 12.1 Å². The van der Waals surface area contributed by atoms with Crippen molar-refractivity contribution in [3.8, 4) is 0 Å². The summed E-state index contributed by atoms with van der Waals surface area (Å²) in [5, 5.41) is 8.81. The molecule has 0 aliphatic carbocycles. The van der Waals surface area contributed by atoms with Gasteiger partial charge >= 0.3 is 0 Å². The number of morpholine rings is 1. The Kier molecular flexibility index (Phi) is 9.46. The molecule has 0 aromatic carbocycles. The number of guanidine groups is 1. The number of hydrogen-bond donors (Lipinski definition) is 2. The zero-order valence-electron chi connectivity index (χ0n) is 16.7. The number of aromatic nitrogens is 1. The summed E-state index contributed by atoms with van der Waals surface area (Å²) in [7, 11) is 1.79. The third-order valence-electron chi connectivity index (χ3n) is 4.48. The van der Waals surface area contributed by atoms with Crippen LogP contribution in [0.2, 0.25) is 0 Å². The van der Waals surface area contributed by atoms with Gasteiger partial charge in [-0.25, -0.2) is 4.98 Å². The lowest BCUT2D eigenvalue weighted by molar-refractivity contribution is -0.00545. The fourth-order valence-corrected chi connectivity index (χ4v) is 3.95. The molecule has 0 radical (unpaired) electrons. The Morgan fingerprint density at radius 2 is 2.04 bits per heavy atom. The van der Waals surface area contributed by atoms with Gasteiger partial charge in [0, 0.05) is 44.3 Å². The van der Waals surface area contributed by atoms with Crippen molar-refractivity contribution in [3.63, 3.8) is 0 Å². The van der Waals surface area contributed by atoms with E-state index in [-0.39, 0.29) is 36.2 Å². The van der Waals surface area contributed by atoms with Crippen LogP contribution in [0.15, 0.2) is 40.8 Å². The largest absolute Gasteiger partial charge is 0.372 e. The van der Waals surface area contributed by atoms with Crippen molar-refractivity contribution >= 4 is 47.1 Å². The van der Waals surface area contributed by atoms with Gasteiger partial charge in [-0.15, -0.1) is 35.3 Å². The smallest absolute Gasteiger partial charge is 0.191 e. The Labute approximate surface area is 188 Å². The van der Waals surface area contributed by atoms with E-state index < -0.39 is 0 Å². The Balaban J connectivity index is 0.00000280. The van der Waals surface area contributed by atoms with E-state index in [1.54, 1.807) is 18.4 Å². The van der Waals surface area contributed by atoms with Crippen LogP contribution in [0.5, 0.6) is 0 Å². The molecular weight excluding hydrogens is 485 g/mol. The highest BCUT2D eigenvalue weighted by atomic mass is 127. The molecule has 0 amide bonds. The van der Waals surface area contributed by atoms with Gasteiger partial charge in [0.15, 0.2) is 5.96 Å². The lowest BCUT2D eigenvalue weighted by Crippen LogP contribution is -2.45. The minimum Gasteiger partial charge on any atom is -0.372 e. The molecule has 1 aliphatic heterocycles. The maximum Gasteiger partial charge on any atom is 0.191 e. The summed E-state index contributed by atoms with van der Waals surface area (Å²) in [4.78, 5) is 12.6. The number of anilines is 1. The monoisotopic (exact) mass is 515 g/mol. The van der Waals surface area contributed by atoms with Gasteiger partial charge < -0.3 is 20.3 Å². The summed E-state index contributed by atoms with van der Waals surface area (Å²) in [6.07, 6.45) is 3.41. The lowest BCUT2D eigenvalue weighted by Gasteiger charge is -2.36. The Bertz CT molecular complexity index is 713. The molecule has 1 aliphatic rings. The van der Waals surface area contributed by atoms with E-state index in [1.807, 2.05) is 6.20 Å². The van der Waals surface area contributed by atoms with Gasteiger partial charge in [-0.2, -0.15) is 0 Å². The van der Waals surface area contributed by atoms with Crippen LogP contribution in [0.1, 0.15) is 24.3 Å². The Morgan fingerprint density at radius 3 is 2.64 bits per heavy atom. The minimum atomic E-state index is 0. The molecule has 1 fully saturated rings. The normalized spacial score (nSPS) is 19.8. The van der Waals surface area contributed by atoms with E-state index in [4.69, 9.17) is 4.74 Å². The van der Waals surface area contributed by atoms with Crippen molar-refractivity contribution < 1.29 is 4.74 Å². The van der Waals surface area contributed by atoms with Gasteiger partial charge in [-0.05, 0) is 43.3 Å². The van der Waals surface area contributed by atoms with Crippen LogP contribution in [-0.4, -0.2) is 49.8 Å². The highest BCUT2D eigenvalue weighted by Gasteiger charge is 2.22. The number of nitrogens with one attached hydrogen (secondary N) is 2. The number of nitrogens with zero attached hydrogens (tertiary/aromatic N) is 3. The maximum atomic E-state index is 5.80. The maximum absolute atomic E-state index is 5.80. The van der Waals surface area contributed by atoms with Gasteiger partial charge in [-0.3, -0.25) is 4.99 Å². The van der Waals surface area contributed by atoms with Gasteiger partial charge in [0.1, 0.15) is 5.82 Å². The fourth-order valence-electron chi connectivity index (χ4n) is 3.24. The van der Waals surface area contributed by atoms with E-state index in [2.05, 4.69) is 69.0 Å². The summed E-state index contributed by atoms with van der Waals surface area (Å²) in [5.41, 5.74) is 1.13. The summed E-state index contributed by atoms with van der Waals surface area (Å²) in [5.74, 6) is 1.82. The number of halogens is 1. The first-order valence-corrected chi connectivity index (χ1v) is 10.3. The number of hydrogen-bond acceptors (Lipinski definition) is 5. The van der Waals surface area contributed by atoms with E-state index in [0.717, 1.165) is 43.4 Å². The van der Waals surface area contributed by atoms with Crippen LogP contribution < -0.4 is 15.5 Å². The molecule has 3 rings (SSSR count). The third kappa shape index (κ3) is 6.89. The van der Waals surface area contributed by atoms with Crippen LogP contribution in [0.25, 0.3) is 0 Å². The minimum absolute atomic E-state index is 0. The predicted octanol–water partition coefficient (Wildman–Crippen LogP) is 3.28. The summed E-state index contributed by atoms with van der Waals surface area (Å²) < 4.78 is 5.80. The van der Waals surface area contributed by atoms with E-state index >= 15 is 0 Å². The first kappa shape index (κ1) is 22.9. The van der Waals surface area contributed by atoms with Crippen LogP contribution in [0.4, 0.5) is 5.82 Å². The van der Waals surface area contributed by atoms with Crippen molar-refractivity contribution in [2.45, 2.75) is 39.0 Å². The second kappa shape index (κ2) is 11.6. The highest BCUT2D eigenvalue weighted by molar-refractivity contribution is 14.0. The molecule has 1 saturated heterocycles. The standard InChI is InChI=1S/C20H29N5OS.HI/c1-15-13-25(14-16(2)26-15)19-7-6-17(11-23-19)12-24-20(21-3)22-9-8-18-5-4-10-27-18;/h4-7,10-11,15-16H,8-9,12-14H2,1-3H3,(H2,21,22,24);1H. The third-order valence-corrected chi connectivity index (χ3v) is 5.42. The zero-order chi connectivity index (χ0) is 19.1. The second-order valence-corrected chi connectivity index (χ2v) is 7.90. The molecule has 2 aromatic rings. The molecule has 8 heteroatoms.